The Hall–Kier alpha value is -1.80. The summed E-state index contributed by atoms with van der Waals surface area (Å²) in [5.74, 6) is -0.00102. The number of nitro groups is 1. The highest BCUT2D eigenvalue weighted by molar-refractivity contribution is 8.00. The summed E-state index contributed by atoms with van der Waals surface area (Å²) in [6, 6.07) is 5.33. The third-order valence-corrected chi connectivity index (χ3v) is 3.78. The number of nitro benzene ring substituents is 1. The van der Waals surface area contributed by atoms with E-state index in [0.717, 1.165) is 0 Å². The van der Waals surface area contributed by atoms with Crippen LogP contribution in [0.2, 0.25) is 0 Å². The Labute approximate surface area is 113 Å². The number of ether oxygens (including phenoxy) is 1. The van der Waals surface area contributed by atoms with E-state index in [-0.39, 0.29) is 17.7 Å². The second kappa shape index (κ2) is 5.89. The predicted molar refractivity (Wildman–Crippen MR) is 69.4 cm³/mol. The van der Waals surface area contributed by atoms with Crippen LogP contribution in [0.1, 0.15) is 0 Å². The van der Waals surface area contributed by atoms with E-state index >= 15 is 0 Å². The molecule has 1 heterocycles. The minimum atomic E-state index is -0.884. The van der Waals surface area contributed by atoms with Gasteiger partial charge in [0.15, 0.2) is 0 Å². The molecule has 19 heavy (non-hydrogen) atoms. The lowest BCUT2D eigenvalue weighted by molar-refractivity contribution is -0.384. The van der Waals surface area contributed by atoms with Crippen molar-refractivity contribution in [1.29, 1.82) is 0 Å². The van der Waals surface area contributed by atoms with Crippen LogP contribution in [0.4, 0.5) is 5.69 Å². The second-order valence-corrected chi connectivity index (χ2v) is 5.18. The van der Waals surface area contributed by atoms with E-state index in [1.165, 1.54) is 23.9 Å². The standard InChI is InChI=1S/C11H12N2O5S/c14-11(15)9-6-19-10(12-9)5-18-8-3-1-2-7(4-8)13(16)17/h1-4,9-10,12H,5-6H2,(H,14,15). The number of nitrogens with one attached hydrogen (secondary N) is 1. The molecule has 102 valence electrons. The molecule has 1 fully saturated rings. The third-order valence-electron chi connectivity index (χ3n) is 2.58. The molecule has 2 rings (SSSR count). The second-order valence-electron chi connectivity index (χ2n) is 3.94. The van der Waals surface area contributed by atoms with Gasteiger partial charge in [0.1, 0.15) is 18.4 Å². The number of hydrogen-bond donors (Lipinski definition) is 2. The fourth-order valence-corrected chi connectivity index (χ4v) is 2.72. The van der Waals surface area contributed by atoms with Crippen molar-refractivity contribution in [2.24, 2.45) is 0 Å². The molecule has 0 spiro atoms. The van der Waals surface area contributed by atoms with Gasteiger partial charge in [-0.1, -0.05) is 6.07 Å². The summed E-state index contributed by atoms with van der Waals surface area (Å²) in [7, 11) is 0. The first-order valence-corrected chi connectivity index (χ1v) is 6.59. The van der Waals surface area contributed by atoms with E-state index in [1.807, 2.05) is 0 Å². The van der Waals surface area contributed by atoms with Crippen LogP contribution in [0.5, 0.6) is 5.75 Å². The van der Waals surface area contributed by atoms with Crippen LogP contribution in [0.25, 0.3) is 0 Å². The first-order valence-electron chi connectivity index (χ1n) is 5.54. The van der Waals surface area contributed by atoms with Crippen molar-refractivity contribution >= 4 is 23.4 Å². The number of carboxylic acids is 1. The van der Waals surface area contributed by atoms with Crippen LogP contribution in [0, 0.1) is 10.1 Å². The van der Waals surface area contributed by atoms with Crippen LogP contribution in [0.15, 0.2) is 24.3 Å². The molecule has 0 radical (unpaired) electrons. The summed E-state index contributed by atoms with van der Waals surface area (Å²) in [4.78, 5) is 20.9. The maximum atomic E-state index is 10.7. The Balaban J connectivity index is 1.88. The molecule has 0 bridgehead atoms. The fraction of sp³-hybridized carbons (Fsp3) is 0.364. The molecule has 1 aliphatic rings. The Morgan fingerprint density at radius 3 is 3.05 bits per heavy atom. The quantitative estimate of drug-likeness (QED) is 0.616. The smallest absolute Gasteiger partial charge is 0.321 e. The largest absolute Gasteiger partial charge is 0.491 e. The first-order chi connectivity index (χ1) is 9.06. The van der Waals surface area contributed by atoms with E-state index in [1.54, 1.807) is 12.1 Å². The molecular weight excluding hydrogens is 272 g/mol. The maximum absolute atomic E-state index is 10.7. The lowest BCUT2D eigenvalue weighted by Gasteiger charge is -2.12. The molecular formula is C11H12N2O5S. The molecule has 2 N–H and O–H groups in total. The molecule has 7 nitrogen and oxygen atoms in total. The Morgan fingerprint density at radius 1 is 1.63 bits per heavy atom. The molecule has 1 aromatic carbocycles. The number of benzene rings is 1. The highest BCUT2D eigenvalue weighted by atomic mass is 32.2. The number of hydrogen-bond acceptors (Lipinski definition) is 6. The predicted octanol–water partition coefficient (Wildman–Crippen LogP) is 1.09. The summed E-state index contributed by atoms with van der Waals surface area (Å²) >= 11 is 1.46. The topological polar surface area (TPSA) is 102 Å². The van der Waals surface area contributed by atoms with Gasteiger partial charge in [-0.15, -0.1) is 11.8 Å². The number of carbonyl (C=O) groups is 1. The highest BCUT2D eigenvalue weighted by Crippen LogP contribution is 2.22. The van der Waals surface area contributed by atoms with Gasteiger partial charge in [-0.3, -0.25) is 20.2 Å². The number of non-ortho nitro benzene ring substituents is 1. The van der Waals surface area contributed by atoms with Crippen LogP contribution in [0.3, 0.4) is 0 Å². The van der Waals surface area contributed by atoms with Gasteiger partial charge in [-0.25, -0.2) is 0 Å². The number of rotatable bonds is 5. The summed E-state index contributed by atoms with van der Waals surface area (Å²) in [5.41, 5.74) is -0.0343. The van der Waals surface area contributed by atoms with Gasteiger partial charge < -0.3 is 9.84 Å². The number of nitrogens with zero attached hydrogens (tertiary/aromatic N) is 1. The SMILES string of the molecule is O=C(O)C1CSC(COc2cccc([N+](=O)[O-])c2)N1. The number of carboxylic acid groups (broad SMARTS) is 1. The Bertz CT molecular complexity index is 496. The van der Waals surface area contributed by atoms with Gasteiger partial charge in [0.2, 0.25) is 0 Å². The van der Waals surface area contributed by atoms with Crippen molar-refractivity contribution < 1.29 is 19.6 Å². The Kier molecular flexibility index (Phi) is 4.23. The van der Waals surface area contributed by atoms with Crippen LogP contribution in [-0.4, -0.2) is 39.8 Å². The van der Waals surface area contributed by atoms with E-state index in [2.05, 4.69) is 5.32 Å². The normalized spacial score (nSPS) is 22.1. The van der Waals surface area contributed by atoms with Crippen molar-refractivity contribution in [3.05, 3.63) is 34.4 Å². The molecule has 0 aromatic heterocycles. The van der Waals surface area contributed by atoms with E-state index < -0.39 is 16.9 Å². The Morgan fingerprint density at radius 2 is 2.42 bits per heavy atom. The zero-order valence-corrected chi connectivity index (χ0v) is 10.6. The third kappa shape index (κ3) is 3.58. The summed E-state index contributed by atoms with van der Waals surface area (Å²) in [6.45, 7) is 0.260. The van der Waals surface area contributed by atoms with Crippen LogP contribution >= 0.6 is 11.8 Å². The minimum absolute atomic E-state index is 0.0343. The summed E-state index contributed by atoms with van der Waals surface area (Å²) in [6.07, 6.45) is 0. The number of thioether (sulfide) groups is 1. The van der Waals surface area contributed by atoms with Gasteiger partial charge >= 0.3 is 5.97 Å². The van der Waals surface area contributed by atoms with Crippen molar-refractivity contribution in [3.8, 4) is 5.75 Å². The van der Waals surface area contributed by atoms with Crippen molar-refractivity contribution in [1.82, 2.24) is 5.32 Å². The van der Waals surface area contributed by atoms with Crippen molar-refractivity contribution in [2.45, 2.75) is 11.4 Å². The maximum Gasteiger partial charge on any atom is 0.321 e. The molecule has 1 aromatic rings. The summed E-state index contributed by atoms with van der Waals surface area (Å²) in [5, 5.41) is 22.2. The molecule has 0 saturated carbocycles. The zero-order valence-electron chi connectivity index (χ0n) is 9.81. The fourth-order valence-electron chi connectivity index (χ4n) is 1.63. The molecule has 0 aliphatic carbocycles. The van der Waals surface area contributed by atoms with Crippen LogP contribution in [-0.2, 0) is 4.79 Å². The van der Waals surface area contributed by atoms with Gasteiger partial charge in [0.05, 0.1) is 16.4 Å². The van der Waals surface area contributed by atoms with Gasteiger partial charge in [0.25, 0.3) is 5.69 Å². The molecule has 2 atom stereocenters. The average Bonchev–Trinajstić information content (AvgIpc) is 2.85. The summed E-state index contributed by atoms with van der Waals surface area (Å²) < 4.78 is 5.43. The number of aliphatic carboxylic acids is 1. The average molecular weight is 284 g/mol. The molecule has 1 saturated heterocycles. The molecule has 1 aliphatic heterocycles. The minimum Gasteiger partial charge on any atom is -0.491 e. The van der Waals surface area contributed by atoms with E-state index in [9.17, 15) is 14.9 Å². The van der Waals surface area contributed by atoms with Crippen molar-refractivity contribution in [3.63, 3.8) is 0 Å². The molecule has 0 amide bonds. The van der Waals surface area contributed by atoms with E-state index in [0.29, 0.717) is 11.5 Å². The monoisotopic (exact) mass is 284 g/mol. The molecule has 8 heteroatoms. The van der Waals surface area contributed by atoms with Crippen molar-refractivity contribution in [2.75, 3.05) is 12.4 Å². The van der Waals surface area contributed by atoms with Crippen LogP contribution < -0.4 is 10.1 Å². The van der Waals surface area contributed by atoms with Gasteiger partial charge in [0, 0.05) is 11.8 Å². The lowest BCUT2D eigenvalue weighted by Crippen LogP contribution is -2.38. The first kappa shape index (κ1) is 13.6. The lowest BCUT2D eigenvalue weighted by atomic mass is 10.3. The highest BCUT2D eigenvalue weighted by Gasteiger charge is 2.29. The zero-order chi connectivity index (χ0) is 13.8. The molecule has 2 unspecified atom stereocenters. The van der Waals surface area contributed by atoms with Gasteiger partial charge in [-0.05, 0) is 6.07 Å². The van der Waals surface area contributed by atoms with Gasteiger partial charge in [-0.2, -0.15) is 0 Å². The van der Waals surface area contributed by atoms with E-state index in [4.69, 9.17) is 9.84 Å².